The summed E-state index contributed by atoms with van der Waals surface area (Å²) in [6, 6.07) is 0.843. The van der Waals surface area contributed by atoms with Crippen LogP contribution in [-0.2, 0) is 16.1 Å². The molecule has 112 valence electrons. The van der Waals surface area contributed by atoms with Gasteiger partial charge in [-0.2, -0.15) is 0 Å². The molecule has 0 aromatic carbocycles. The molecule has 2 N–H and O–H groups in total. The van der Waals surface area contributed by atoms with Crippen molar-refractivity contribution in [1.82, 2.24) is 9.88 Å². The van der Waals surface area contributed by atoms with Gasteiger partial charge in [0, 0.05) is 38.1 Å². The fourth-order valence-electron chi connectivity index (χ4n) is 2.25. The highest BCUT2D eigenvalue weighted by molar-refractivity contribution is 5.97. The van der Waals surface area contributed by atoms with E-state index in [-0.39, 0.29) is 18.9 Å². The highest BCUT2D eigenvalue weighted by Crippen LogP contribution is 2.15. The molecular weight excluding hydrogens is 260 g/mol. The van der Waals surface area contributed by atoms with Gasteiger partial charge in [0.15, 0.2) is 0 Å². The molecule has 0 aliphatic heterocycles. The van der Waals surface area contributed by atoms with E-state index in [1.54, 1.807) is 6.07 Å². The Balaban J connectivity index is 2.86. The Bertz CT molecular complexity index is 494. The summed E-state index contributed by atoms with van der Waals surface area (Å²) in [7, 11) is 1.50. The summed E-state index contributed by atoms with van der Waals surface area (Å²) in [5, 5.41) is 11.6. The molecule has 1 heterocycles. The van der Waals surface area contributed by atoms with Gasteiger partial charge in [-0.1, -0.05) is 0 Å². The topological polar surface area (TPSA) is 80.6 Å². The molecule has 0 saturated heterocycles. The summed E-state index contributed by atoms with van der Waals surface area (Å²) in [6.45, 7) is 6.84. The first-order valence-electron chi connectivity index (χ1n) is 6.61. The Hall–Kier alpha value is -1.82. The van der Waals surface area contributed by atoms with Crippen LogP contribution >= 0.6 is 0 Å². The number of amides is 1. The molecule has 1 aromatic rings. The maximum absolute atomic E-state index is 12.2. The SMILES string of the molecule is CCn1c(C)cc(C(=O)NC(CCOC)C(=O)O)c1C. The molecule has 0 saturated carbocycles. The van der Waals surface area contributed by atoms with Gasteiger partial charge in [-0.3, -0.25) is 4.79 Å². The van der Waals surface area contributed by atoms with Gasteiger partial charge in [-0.15, -0.1) is 0 Å². The highest BCUT2D eigenvalue weighted by atomic mass is 16.5. The number of ether oxygens (including phenoxy) is 1. The van der Waals surface area contributed by atoms with E-state index in [2.05, 4.69) is 5.32 Å². The molecule has 1 rings (SSSR count). The number of aryl methyl sites for hydroxylation is 1. The van der Waals surface area contributed by atoms with E-state index < -0.39 is 12.0 Å². The number of rotatable bonds is 7. The van der Waals surface area contributed by atoms with Crippen LogP contribution in [0.1, 0.15) is 35.1 Å². The number of carbonyl (C=O) groups is 2. The van der Waals surface area contributed by atoms with Gasteiger partial charge in [-0.25, -0.2) is 4.79 Å². The average molecular weight is 282 g/mol. The third kappa shape index (κ3) is 3.60. The lowest BCUT2D eigenvalue weighted by Gasteiger charge is -2.14. The second-order valence-electron chi connectivity index (χ2n) is 4.67. The van der Waals surface area contributed by atoms with Gasteiger partial charge in [0.1, 0.15) is 6.04 Å². The van der Waals surface area contributed by atoms with Crippen LogP contribution < -0.4 is 5.32 Å². The van der Waals surface area contributed by atoms with Crippen LogP contribution in [0.3, 0.4) is 0 Å². The molecule has 0 radical (unpaired) electrons. The molecule has 0 aliphatic carbocycles. The highest BCUT2D eigenvalue weighted by Gasteiger charge is 2.22. The molecule has 20 heavy (non-hydrogen) atoms. The first-order valence-corrected chi connectivity index (χ1v) is 6.61. The van der Waals surface area contributed by atoms with Crippen molar-refractivity contribution in [2.75, 3.05) is 13.7 Å². The molecule has 0 fully saturated rings. The quantitative estimate of drug-likeness (QED) is 0.791. The third-order valence-electron chi connectivity index (χ3n) is 3.35. The molecular formula is C14H22N2O4. The Kier molecular flexibility index (Phi) is 5.76. The van der Waals surface area contributed by atoms with E-state index in [1.807, 2.05) is 25.3 Å². The van der Waals surface area contributed by atoms with Crippen molar-refractivity contribution in [1.29, 1.82) is 0 Å². The van der Waals surface area contributed by atoms with Crippen molar-refractivity contribution in [3.8, 4) is 0 Å². The molecule has 0 aliphatic rings. The number of hydrogen-bond donors (Lipinski definition) is 2. The first-order chi connectivity index (χ1) is 9.42. The van der Waals surface area contributed by atoms with Crippen molar-refractivity contribution in [3.63, 3.8) is 0 Å². The smallest absolute Gasteiger partial charge is 0.326 e. The Morgan fingerprint density at radius 2 is 2.10 bits per heavy atom. The fourth-order valence-corrected chi connectivity index (χ4v) is 2.25. The number of aromatic nitrogens is 1. The normalized spacial score (nSPS) is 12.2. The summed E-state index contributed by atoms with van der Waals surface area (Å²) in [5.74, 6) is -1.42. The summed E-state index contributed by atoms with van der Waals surface area (Å²) in [4.78, 5) is 23.3. The van der Waals surface area contributed by atoms with Crippen LogP contribution in [0.15, 0.2) is 6.07 Å². The van der Waals surface area contributed by atoms with E-state index in [0.717, 1.165) is 17.9 Å². The van der Waals surface area contributed by atoms with Crippen molar-refractivity contribution >= 4 is 11.9 Å². The maximum atomic E-state index is 12.2. The van der Waals surface area contributed by atoms with Gasteiger partial charge in [-0.05, 0) is 26.8 Å². The Morgan fingerprint density at radius 3 is 2.55 bits per heavy atom. The molecule has 1 unspecified atom stereocenters. The van der Waals surface area contributed by atoms with Crippen LogP contribution in [0, 0.1) is 13.8 Å². The number of carboxylic acid groups (broad SMARTS) is 1. The summed E-state index contributed by atoms with van der Waals surface area (Å²) >= 11 is 0. The minimum atomic E-state index is -1.06. The van der Waals surface area contributed by atoms with Crippen molar-refractivity contribution < 1.29 is 19.4 Å². The van der Waals surface area contributed by atoms with Gasteiger partial charge >= 0.3 is 5.97 Å². The number of aliphatic carboxylic acids is 1. The van der Waals surface area contributed by atoms with Crippen LogP contribution in [0.4, 0.5) is 0 Å². The minimum Gasteiger partial charge on any atom is -0.480 e. The number of carboxylic acids is 1. The first kappa shape index (κ1) is 16.2. The largest absolute Gasteiger partial charge is 0.480 e. The fraction of sp³-hybridized carbons (Fsp3) is 0.571. The number of nitrogens with zero attached hydrogens (tertiary/aromatic N) is 1. The number of methoxy groups -OCH3 is 1. The van der Waals surface area contributed by atoms with Crippen molar-refractivity contribution in [2.45, 2.75) is 39.8 Å². The molecule has 1 amide bonds. The van der Waals surface area contributed by atoms with Crippen molar-refractivity contribution in [3.05, 3.63) is 23.0 Å². The molecule has 6 heteroatoms. The predicted octanol–water partition coefficient (Wildman–Crippen LogP) is 1.34. The number of nitrogens with one attached hydrogen (secondary N) is 1. The molecule has 6 nitrogen and oxygen atoms in total. The van der Waals surface area contributed by atoms with E-state index in [4.69, 9.17) is 9.84 Å². The Morgan fingerprint density at radius 1 is 1.45 bits per heavy atom. The van der Waals surface area contributed by atoms with Crippen LogP contribution in [0.2, 0.25) is 0 Å². The van der Waals surface area contributed by atoms with E-state index in [0.29, 0.717) is 5.56 Å². The summed E-state index contributed by atoms with van der Waals surface area (Å²) < 4.78 is 6.87. The minimum absolute atomic E-state index is 0.240. The van der Waals surface area contributed by atoms with E-state index in [9.17, 15) is 9.59 Å². The van der Waals surface area contributed by atoms with Crippen molar-refractivity contribution in [2.24, 2.45) is 0 Å². The lowest BCUT2D eigenvalue weighted by atomic mass is 10.1. The number of hydrogen-bond acceptors (Lipinski definition) is 3. The summed E-state index contributed by atoms with van der Waals surface area (Å²) in [5.41, 5.74) is 2.35. The zero-order valence-corrected chi connectivity index (χ0v) is 12.4. The monoisotopic (exact) mass is 282 g/mol. The van der Waals surface area contributed by atoms with Gasteiger partial charge < -0.3 is 19.7 Å². The maximum Gasteiger partial charge on any atom is 0.326 e. The average Bonchev–Trinajstić information content (AvgIpc) is 2.68. The Labute approximate surface area is 118 Å². The zero-order chi connectivity index (χ0) is 15.3. The molecule has 0 bridgehead atoms. The molecule has 1 atom stereocenters. The predicted molar refractivity (Wildman–Crippen MR) is 75.0 cm³/mol. The lowest BCUT2D eigenvalue weighted by molar-refractivity contribution is -0.139. The third-order valence-corrected chi connectivity index (χ3v) is 3.35. The second kappa shape index (κ2) is 7.09. The standard InChI is InChI=1S/C14H22N2O4/c1-5-16-9(2)8-11(10(16)3)13(17)15-12(14(18)19)6-7-20-4/h8,12H,5-7H2,1-4H3,(H,15,17)(H,18,19). The lowest BCUT2D eigenvalue weighted by Crippen LogP contribution is -2.41. The molecule has 1 aromatic heterocycles. The second-order valence-corrected chi connectivity index (χ2v) is 4.67. The van der Waals surface area contributed by atoms with Crippen LogP contribution in [-0.4, -0.2) is 41.3 Å². The van der Waals surface area contributed by atoms with E-state index >= 15 is 0 Å². The van der Waals surface area contributed by atoms with Crippen LogP contribution in [0.5, 0.6) is 0 Å². The van der Waals surface area contributed by atoms with E-state index in [1.165, 1.54) is 7.11 Å². The molecule has 0 spiro atoms. The van der Waals surface area contributed by atoms with Gasteiger partial charge in [0.25, 0.3) is 5.91 Å². The number of carbonyl (C=O) groups excluding carboxylic acids is 1. The summed E-state index contributed by atoms with van der Waals surface area (Å²) in [6.07, 6.45) is 0.240. The van der Waals surface area contributed by atoms with Gasteiger partial charge in [0.2, 0.25) is 0 Å². The zero-order valence-electron chi connectivity index (χ0n) is 12.4. The van der Waals surface area contributed by atoms with Crippen LogP contribution in [0.25, 0.3) is 0 Å². The van der Waals surface area contributed by atoms with Gasteiger partial charge in [0.05, 0.1) is 5.56 Å².